The van der Waals surface area contributed by atoms with Gasteiger partial charge in [-0.15, -0.1) is 0 Å². The first kappa shape index (κ1) is 14.1. The first-order chi connectivity index (χ1) is 9.54. The number of halogens is 2. The Morgan fingerprint density at radius 1 is 1.25 bits per heavy atom. The number of aromatic nitrogens is 1. The lowest BCUT2D eigenvalue weighted by atomic mass is 10.1. The Balaban J connectivity index is 2.56. The normalized spacial score (nSPS) is 10.6. The van der Waals surface area contributed by atoms with E-state index in [4.69, 9.17) is 5.11 Å². The lowest BCUT2D eigenvalue weighted by Crippen LogP contribution is -2.06. The van der Waals surface area contributed by atoms with Crippen molar-refractivity contribution in [3.8, 4) is 11.3 Å². The van der Waals surface area contributed by atoms with Gasteiger partial charge in [-0.2, -0.15) is 0 Å². The molecule has 5 heteroatoms. The van der Waals surface area contributed by atoms with Crippen LogP contribution in [-0.4, -0.2) is 16.1 Å². The highest BCUT2D eigenvalue weighted by Gasteiger charge is 2.15. The molecule has 0 fully saturated rings. The van der Waals surface area contributed by atoms with Crippen molar-refractivity contribution < 1.29 is 18.7 Å². The molecule has 2 aromatic rings. The molecule has 1 aromatic carbocycles. The van der Waals surface area contributed by atoms with Gasteiger partial charge in [-0.25, -0.2) is 13.6 Å². The van der Waals surface area contributed by atoms with Crippen LogP contribution in [0.25, 0.3) is 11.3 Å². The predicted molar refractivity (Wildman–Crippen MR) is 70.5 cm³/mol. The number of carboxylic acid groups (broad SMARTS) is 1. The molecule has 0 aliphatic carbocycles. The van der Waals surface area contributed by atoms with Crippen LogP contribution < -0.4 is 0 Å². The number of hydrogen-bond acceptors (Lipinski definition) is 2. The van der Waals surface area contributed by atoms with E-state index in [1.54, 1.807) is 0 Å². The first-order valence-corrected chi connectivity index (χ1v) is 6.22. The number of pyridine rings is 1. The fourth-order valence-corrected chi connectivity index (χ4v) is 1.98. The largest absolute Gasteiger partial charge is 0.478 e. The third kappa shape index (κ3) is 2.66. The van der Waals surface area contributed by atoms with Gasteiger partial charge in [0.2, 0.25) is 0 Å². The van der Waals surface area contributed by atoms with Crippen LogP contribution in [0.3, 0.4) is 0 Å². The van der Waals surface area contributed by atoms with E-state index in [0.29, 0.717) is 18.5 Å². The number of carbonyl (C=O) groups is 1. The quantitative estimate of drug-likeness (QED) is 0.927. The van der Waals surface area contributed by atoms with Crippen molar-refractivity contribution >= 4 is 5.97 Å². The van der Waals surface area contributed by atoms with Crippen molar-refractivity contribution in [1.82, 2.24) is 4.98 Å². The summed E-state index contributed by atoms with van der Waals surface area (Å²) in [5.74, 6) is -3.01. The molecular formula is C15H13F2NO2. The second-order valence-electron chi connectivity index (χ2n) is 4.35. The van der Waals surface area contributed by atoms with E-state index in [0.717, 1.165) is 6.07 Å². The average molecular weight is 277 g/mol. The minimum Gasteiger partial charge on any atom is -0.478 e. The van der Waals surface area contributed by atoms with Crippen molar-refractivity contribution in [2.45, 2.75) is 19.8 Å². The maximum absolute atomic E-state index is 13.7. The van der Waals surface area contributed by atoms with Crippen LogP contribution in [0, 0.1) is 11.6 Å². The van der Waals surface area contributed by atoms with Crippen molar-refractivity contribution in [3.05, 3.63) is 53.2 Å². The number of nitrogens with zero attached hydrogens (tertiary/aromatic N) is 1. The average Bonchev–Trinajstić information content (AvgIpc) is 2.42. The molecule has 0 atom stereocenters. The summed E-state index contributed by atoms with van der Waals surface area (Å²) < 4.78 is 27.0. The summed E-state index contributed by atoms with van der Waals surface area (Å²) in [6.45, 7) is 1.89. The second-order valence-corrected chi connectivity index (χ2v) is 4.35. The van der Waals surface area contributed by atoms with E-state index in [-0.39, 0.29) is 16.8 Å². The van der Waals surface area contributed by atoms with Gasteiger partial charge in [-0.05, 0) is 30.7 Å². The van der Waals surface area contributed by atoms with Crippen LogP contribution in [0.4, 0.5) is 8.78 Å². The van der Waals surface area contributed by atoms with Gasteiger partial charge in [-0.3, -0.25) is 4.98 Å². The summed E-state index contributed by atoms with van der Waals surface area (Å²) in [6, 6.07) is 6.59. The summed E-state index contributed by atoms with van der Waals surface area (Å²) >= 11 is 0. The van der Waals surface area contributed by atoms with Gasteiger partial charge in [0, 0.05) is 5.56 Å². The van der Waals surface area contributed by atoms with Crippen LogP contribution in [0.2, 0.25) is 0 Å². The van der Waals surface area contributed by atoms with Crippen LogP contribution in [0.1, 0.15) is 29.4 Å². The van der Waals surface area contributed by atoms with Crippen LogP contribution in [0.15, 0.2) is 30.3 Å². The van der Waals surface area contributed by atoms with E-state index < -0.39 is 17.6 Å². The molecule has 0 unspecified atom stereocenters. The Kier molecular flexibility index (Phi) is 4.08. The molecule has 1 heterocycles. The lowest BCUT2D eigenvalue weighted by molar-refractivity contribution is 0.0695. The van der Waals surface area contributed by atoms with Crippen molar-refractivity contribution in [3.63, 3.8) is 0 Å². The fraction of sp³-hybridized carbons (Fsp3) is 0.200. The molecule has 0 aliphatic heterocycles. The summed E-state index contributed by atoms with van der Waals surface area (Å²) in [6.07, 6.45) is 1.18. The van der Waals surface area contributed by atoms with Crippen molar-refractivity contribution in [2.75, 3.05) is 0 Å². The standard InChI is InChI=1S/C15H13F2NO2/c1-2-4-12-10(15(19)20)7-8-13(18-12)9-5-3-6-11(16)14(9)17/h3,5-8H,2,4H2,1H3,(H,19,20). The van der Waals surface area contributed by atoms with Crippen molar-refractivity contribution in [1.29, 1.82) is 0 Å². The van der Waals surface area contributed by atoms with Crippen LogP contribution in [0.5, 0.6) is 0 Å². The van der Waals surface area contributed by atoms with E-state index in [2.05, 4.69) is 4.98 Å². The first-order valence-electron chi connectivity index (χ1n) is 6.22. The molecule has 104 valence electrons. The van der Waals surface area contributed by atoms with Gasteiger partial charge < -0.3 is 5.11 Å². The zero-order valence-electron chi connectivity index (χ0n) is 10.9. The minimum absolute atomic E-state index is 0.0271. The maximum Gasteiger partial charge on any atom is 0.337 e. The van der Waals surface area contributed by atoms with Gasteiger partial charge in [0.05, 0.1) is 17.0 Å². The molecule has 1 N–H and O–H groups in total. The molecule has 0 aliphatic rings. The molecule has 3 nitrogen and oxygen atoms in total. The van der Waals surface area contributed by atoms with Gasteiger partial charge in [0.1, 0.15) is 0 Å². The Morgan fingerprint density at radius 2 is 2.00 bits per heavy atom. The van der Waals surface area contributed by atoms with E-state index >= 15 is 0 Å². The third-order valence-corrected chi connectivity index (χ3v) is 2.92. The SMILES string of the molecule is CCCc1nc(-c2cccc(F)c2F)ccc1C(=O)O. The minimum atomic E-state index is -1.08. The van der Waals surface area contributed by atoms with E-state index in [1.165, 1.54) is 24.3 Å². The predicted octanol–water partition coefficient (Wildman–Crippen LogP) is 3.68. The van der Waals surface area contributed by atoms with Gasteiger partial charge in [0.25, 0.3) is 0 Å². The molecule has 0 saturated carbocycles. The smallest absolute Gasteiger partial charge is 0.337 e. The highest BCUT2D eigenvalue weighted by Crippen LogP contribution is 2.24. The topological polar surface area (TPSA) is 50.2 Å². The summed E-state index contributed by atoms with van der Waals surface area (Å²) in [7, 11) is 0. The van der Waals surface area contributed by atoms with Crippen LogP contribution in [-0.2, 0) is 6.42 Å². The zero-order valence-corrected chi connectivity index (χ0v) is 10.9. The number of aryl methyl sites for hydroxylation is 1. The molecule has 1 aromatic heterocycles. The number of carboxylic acids is 1. The molecule has 0 spiro atoms. The monoisotopic (exact) mass is 277 g/mol. The number of rotatable bonds is 4. The van der Waals surface area contributed by atoms with Crippen LogP contribution >= 0.6 is 0 Å². The molecule has 0 bridgehead atoms. The highest BCUT2D eigenvalue weighted by atomic mass is 19.2. The summed E-state index contributed by atoms with van der Waals surface area (Å²) in [4.78, 5) is 15.3. The van der Waals surface area contributed by atoms with E-state index in [1.807, 2.05) is 6.92 Å². The Hall–Kier alpha value is -2.30. The molecule has 2 rings (SSSR count). The number of aromatic carboxylic acids is 1. The highest BCUT2D eigenvalue weighted by molar-refractivity contribution is 5.89. The fourth-order valence-electron chi connectivity index (χ4n) is 1.98. The second kappa shape index (κ2) is 5.77. The summed E-state index contributed by atoms with van der Waals surface area (Å²) in [5, 5.41) is 9.08. The summed E-state index contributed by atoms with van der Waals surface area (Å²) in [5.41, 5.74) is 0.725. The van der Waals surface area contributed by atoms with Gasteiger partial charge >= 0.3 is 5.97 Å². The number of benzene rings is 1. The molecule has 0 radical (unpaired) electrons. The Morgan fingerprint density at radius 3 is 2.65 bits per heavy atom. The Labute approximate surface area is 114 Å². The molecule has 0 amide bonds. The van der Waals surface area contributed by atoms with Crippen molar-refractivity contribution in [2.24, 2.45) is 0 Å². The van der Waals surface area contributed by atoms with E-state index in [9.17, 15) is 13.6 Å². The molecular weight excluding hydrogens is 264 g/mol. The maximum atomic E-state index is 13.7. The number of hydrogen-bond donors (Lipinski definition) is 1. The van der Waals surface area contributed by atoms with Gasteiger partial charge in [0.15, 0.2) is 11.6 Å². The van der Waals surface area contributed by atoms with Gasteiger partial charge in [-0.1, -0.05) is 19.4 Å². The third-order valence-electron chi connectivity index (χ3n) is 2.92. The zero-order chi connectivity index (χ0) is 14.7. The molecule has 20 heavy (non-hydrogen) atoms. The molecule has 0 saturated heterocycles. The lowest BCUT2D eigenvalue weighted by Gasteiger charge is -2.08. The Bertz CT molecular complexity index is 656.